The minimum absolute atomic E-state index is 0.385. The molecule has 4 heteroatoms. The summed E-state index contributed by atoms with van der Waals surface area (Å²) in [5.74, 6) is 1.35. The zero-order valence-electron chi connectivity index (χ0n) is 11.1. The van der Waals surface area contributed by atoms with Crippen LogP contribution in [0, 0.1) is 6.92 Å². The standard InChI is InChI=1S/C14H19N3O/c1-4-12(15-3)9-13-16-14(17-18-13)11-7-5-10(2)6-8-11/h5-8,12,15H,4,9H2,1-3H3. The predicted octanol–water partition coefficient (Wildman–Crippen LogP) is 2.59. The molecule has 1 atom stereocenters. The van der Waals surface area contributed by atoms with Crippen LogP contribution in [-0.4, -0.2) is 23.2 Å². The van der Waals surface area contributed by atoms with Gasteiger partial charge < -0.3 is 9.84 Å². The molecule has 0 amide bonds. The van der Waals surface area contributed by atoms with Gasteiger partial charge in [-0.3, -0.25) is 0 Å². The van der Waals surface area contributed by atoms with E-state index in [1.54, 1.807) is 0 Å². The highest BCUT2D eigenvalue weighted by Crippen LogP contribution is 2.17. The van der Waals surface area contributed by atoms with Crippen LogP contribution in [0.3, 0.4) is 0 Å². The lowest BCUT2D eigenvalue weighted by Crippen LogP contribution is -2.26. The number of hydrogen-bond acceptors (Lipinski definition) is 4. The molecular formula is C14H19N3O. The number of nitrogens with zero attached hydrogens (tertiary/aromatic N) is 2. The van der Waals surface area contributed by atoms with E-state index in [0.29, 0.717) is 17.8 Å². The summed E-state index contributed by atoms with van der Waals surface area (Å²) >= 11 is 0. The molecule has 1 heterocycles. The number of likely N-dealkylation sites (N-methyl/N-ethyl adjacent to an activating group) is 1. The van der Waals surface area contributed by atoms with Gasteiger partial charge in [-0.15, -0.1) is 0 Å². The van der Waals surface area contributed by atoms with Gasteiger partial charge in [0, 0.05) is 18.0 Å². The Hall–Kier alpha value is -1.68. The van der Waals surface area contributed by atoms with Crippen molar-refractivity contribution < 1.29 is 4.52 Å². The van der Waals surface area contributed by atoms with Gasteiger partial charge in [-0.25, -0.2) is 0 Å². The summed E-state index contributed by atoms with van der Waals surface area (Å²) in [6.07, 6.45) is 1.81. The number of rotatable bonds is 5. The fourth-order valence-electron chi connectivity index (χ4n) is 1.82. The van der Waals surface area contributed by atoms with Crippen molar-refractivity contribution >= 4 is 0 Å². The second kappa shape index (κ2) is 5.78. The van der Waals surface area contributed by atoms with E-state index in [4.69, 9.17) is 4.52 Å². The van der Waals surface area contributed by atoms with Crippen molar-refractivity contribution in [3.63, 3.8) is 0 Å². The molecule has 0 aliphatic carbocycles. The lowest BCUT2D eigenvalue weighted by atomic mass is 10.1. The topological polar surface area (TPSA) is 51.0 Å². The van der Waals surface area contributed by atoms with E-state index in [1.165, 1.54) is 5.56 Å². The molecule has 1 aromatic heterocycles. The Balaban J connectivity index is 2.12. The Morgan fingerprint density at radius 3 is 2.61 bits per heavy atom. The Bertz CT molecular complexity index is 486. The molecule has 1 aromatic carbocycles. The Kier molecular flexibility index (Phi) is 4.10. The molecule has 0 fully saturated rings. The summed E-state index contributed by atoms with van der Waals surface area (Å²) in [5.41, 5.74) is 2.22. The number of nitrogens with one attached hydrogen (secondary N) is 1. The van der Waals surface area contributed by atoms with Gasteiger partial charge in [-0.2, -0.15) is 4.98 Å². The molecule has 0 bridgehead atoms. The summed E-state index contributed by atoms with van der Waals surface area (Å²) in [6, 6.07) is 8.51. The maximum absolute atomic E-state index is 5.28. The fourth-order valence-corrected chi connectivity index (χ4v) is 1.82. The average molecular weight is 245 g/mol. The third-order valence-corrected chi connectivity index (χ3v) is 3.10. The lowest BCUT2D eigenvalue weighted by Gasteiger charge is -2.09. The summed E-state index contributed by atoms with van der Waals surface area (Å²) in [6.45, 7) is 4.20. The molecule has 2 aromatic rings. The van der Waals surface area contributed by atoms with Crippen molar-refractivity contribution in [2.24, 2.45) is 0 Å². The third kappa shape index (κ3) is 2.96. The second-order valence-electron chi connectivity index (χ2n) is 4.48. The minimum atomic E-state index is 0.385. The number of aryl methyl sites for hydroxylation is 1. The molecule has 0 saturated carbocycles. The van der Waals surface area contributed by atoms with Gasteiger partial charge in [0.2, 0.25) is 11.7 Å². The lowest BCUT2D eigenvalue weighted by molar-refractivity contribution is 0.359. The quantitative estimate of drug-likeness (QED) is 0.879. The highest BCUT2D eigenvalue weighted by molar-refractivity contribution is 5.54. The first-order valence-corrected chi connectivity index (χ1v) is 6.29. The van der Waals surface area contributed by atoms with Crippen molar-refractivity contribution in [1.29, 1.82) is 0 Å². The molecular weight excluding hydrogens is 226 g/mol. The SMILES string of the molecule is CCC(Cc1nc(-c2ccc(C)cc2)no1)NC. The molecule has 0 aliphatic heterocycles. The van der Waals surface area contributed by atoms with Gasteiger partial charge in [0.1, 0.15) is 0 Å². The molecule has 0 saturated heterocycles. The summed E-state index contributed by atoms with van der Waals surface area (Å²) in [5, 5.41) is 7.25. The Morgan fingerprint density at radius 2 is 2.00 bits per heavy atom. The van der Waals surface area contributed by atoms with Crippen LogP contribution >= 0.6 is 0 Å². The van der Waals surface area contributed by atoms with E-state index >= 15 is 0 Å². The van der Waals surface area contributed by atoms with Crippen LogP contribution in [0.2, 0.25) is 0 Å². The van der Waals surface area contributed by atoms with E-state index in [9.17, 15) is 0 Å². The number of benzene rings is 1. The third-order valence-electron chi connectivity index (χ3n) is 3.10. The smallest absolute Gasteiger partial charge is 0.228 e. The maximum Gasteiger partial charge on any atom is 0.228 e. The molecule has 1 N–H and O–H groups in total. The largest absolute Gasteiger partial charge is 0.339 e. The van der Waals surface area contributed by atoms with Crippen LogP contribution in [-0.2, 0) is 6.42 Å². The van der Waals surface area contributed by atoms with Crippen molar-refractivity contribution in [2.45, 2.75) is 32.7 Å². The van der Waals surface area contributed by atoms with Gasteiger partial charge in [-0.1, -0.05) is 41.9 Å². The van der Waals surface area contributed by atoms with Gasteiger partial charge in [0.25, 0.3) is 0 Å². The number of aromatic nitrogens is 2. The first kappa shape index (κ1) is 12.8. The molecule has 4 nitrogen and oxygen atoms in total. The zero-order chi connectivity index (χ0) is 13.0. The summed E-state index contributed by atoms with van der Waals surface area (Å²) < 4.78 is 5.28. The van der Waals surface area contributed by atoms with Crippen molar-refractivity contribution in [3.8, 4) is 11.4 Å². The molecule has 0 spiro atoms. The van der Waals surface area contributed by atoms with Gasteiger partial charge in [0.15, 0.2) is 0 Å². The second-order valence-corrected chi connectivity index (χ2v) is 4.48. The van der Waals surface area contributed by atoms with Gasteiger partial charge in [-0.05, 0) is 20.4 Å². The Labute approximate surface area is 107 Å². The molecule has 96 valence electrons. The van der Waals surface area contributed by atoms with Crippen LogP contribution in [0.1, 0.15) is 24.8 Å². The molecule has 18 heavy (non-hydrogen) atoms. The van der Waals surface area contributed by atoms with Gasteiger partial charge in [0.05, 0.1) is 0 Å². The molecule has 2 rings (SSSR count). The van der Waals surface area contributed by atoms with E-state index in [-0.39, 0.29) is 0 Å². The van der Waals surface area contributed by atoms with E-state index in [2.05, 4.69) is 29.3 Å². The van der Waals surface area contributed by atoms with Crippen LogP contribution < -0.4 is 5.32 Å². The Morgan fingerprint density at radius 1 is 1.28 bits per heavy atom. The molecule has 0 aliphatic rings. The van der Waals surface area contributed by atoms with E-state index in [0.717, 1.165) is 18.4 Å². The summed E-state index contributed by atoms with van der Waals surface area (Å²) in [7, 11) is 1.95. The van der Waals surface area contributed by atoms with Gasteiger partial charge >= 0.3 is 0 Å². The maximum atomic E-state index is 5.28. The summed E-state index contributed by atoms with van der Waals surface area (Å²) in [4.78, 5) is 4.43. The normalized spacial score (nSPS) is 12.6. The molecule has 1 unspecified atom stereocenters. The van der Waals surface area contributed by atoms with Crippen LogP contribution in [0.15, 0.2) is 28.8 Å². The van der Waals surface area contributed by atoms with Crippen LogP contribution in [0.5, 0.6) is 0 Å². The highest BCUT2D eigenvalue weighted by Gasteiger charge is 2.12. The van der Waals surface area contributed by atoms with Crippen molar-refractivity contribution in [3.05, 3.63) is 35.7 Å². The van der Waals surface area contributed by atoms with E-state index < -0.39 is 0 Å². The average Bonchev–Trinajstić information content (AvgIpc) is 2.85. The van der Waals surface area contributed by atoms with Crippen molar-refractivity contribution in [1.82, 2.24) is 15.5 Å². The fraction of sp³-hybridized carbons (Fsp3) is 0.429. The van der Waals surface area contributed by atoms with E-state index in [1.807, 2.05) is 31.3 Å². The highest BCUT2D eigenvalue weighted by atomic mass is 16.5. The first-order chi connectivity index (χ1) is 8.72. The molecule has 0 radical (unpaired) electrons. The first-order valence-electron chi connectivity index (χ1n) is 6.29. The van der Waals surface area contributed by atoms with Crippen molar-refractivity contribution in [2.75, 3.05) is 7.05 Å². The monoisotopic (exact) mass is 245 g/mol. The minimum Gasteiger partial charge on any atom is -0.339 e. The van der Waals surface area contributed by atoms with Crippen LogP contribution in [0.4, 0.5) is 0 Å². The zero-order valence-corrected chi connectivity index (χ0v) is 11.1. The van der Waals surface area contributed by atoms with Crippen LogP contribution in [0.25, 0.3) is 11.4 Å². The number of hydrogen-bond donors (Lipinski definition) is 1. The predicted molar refractivity (Wildman–Crippen MR) is 71.3 cm³/mol.